The highest BCUT2D eigenvalue weighted by atomic mass is 35.5. The molecule has 1 aliphatic heterocycles. The summed E-state index contributed by atoms with van der Waals surface area (Å²) in [7, 11) is 1.54. The number of amides is 2. The molecule has 0 atom stereocenters. The highest BCUT2D eigenvalue weighted by Crippen LogP contribution is 2.27. The molecule has 1 aromatic carbocycles. The van der Waals surface area contributed by atoms with Gasteiger partial charge in [0.15, 0.2) is 0 Å². The first kappa shape index (κ1) is 17.6. The summed E-state index contributed by atoms with van der Waals surface area (Å²) in [6, 6.07) is 5.09. The van der Waals surface area contributed by atoms with E-state index >= 15 is 0 Å². The van der Waals surface area contributed by atoms with Gasteiger partial charge in [0.1, 0.15) is 5.75 Å². The molecule has 1 aliphatic rings. The molecule has 0 aromatic heterocycles. The molecule has 1 heterocycles. The number of carbonyl (C=O) groups excluding carboxylic acids is 2. The summed E-state index contributed by atoms with van der Waals surface area (Å²) in [4.78, 5) is 27.7. The van der Waals surface area contributed by atoms with Crippen LogP contribution in [0.1, 0.15) is 13.3 Å². The minimum Gasteiger partial charge on any atom is -0.495 e. The lowest BCUT2D eigenvalue weighted by molar-refractivity contribution is -0.132. The molecular weight excluding hydrogens is 318 g/mol. The Balaban J connectivity index is 1.87. The van der Waals surface area contributed by atoms with Crippen molar-refractivity contribution in [1.29, 1.82) is 0 Å². The number of nitrogens with zero attached hydrogens (tertiary/aromatic N) is 2. The zero-order chi connectivity index (χ0) is 16.8. The molecule has 1 saturated heterocycles. The van der Waals surface area contributed by atoms with Crippen molar-refractivity contribution < 1.29 is 14.3 Å². The number of ether oxygens (including phenoxy) is 1. The van der Waals surface area contributed by atoms with E-state index in [1.807, 2.05) is 16.7 Å². The van der Waals surface area contributed by atoms with Gasteiger partial charge in [-0.3, -0.25) is 14.5 Å². The van der Waals surface area contributed by atoms with Crippen molar-refractivity contribution in [1.82, 2.24) is 9.80 Å². The van der Waals surface area contributed by atoms with Crippen LogP contribution in [0.3, 0.4) is 0 Å². The largest absolute Gasteiger partial charge is 0.495 e. The van der Waals surface area contributed by atoms with Crippen molar-refractivity contribution in [2.75, 3.05) is 45.2 Å². The van der Waals surface area contributed by atoms with Crippen molar-refractivity contribution in [3.05, 3.63) is 23.2 Å². The maximum Gasteiger partial charge on any atom is 0.238 e. The molecule has 126 valence electrons. The molecule has 0 saturated carbocycles. The molecule has 1 fully saturated rings. The minimum absolute atomic E-state index is 0.124. The van der Waals surface area contributed by atoms with Gasteiger partial charge in [-0.1, -0.05) is 18.5 Å². The van der Waals surface area contributed by atoms with Crippen LogP contribution >= 0.6 is 11.6 Å². The number of piperazine rings is 1. The molecule has 0 aliphatic carbocycles. The lowest BCUT2D eigenvalue weighted by atomic mass is 10.2. The van der Waals surface area contributed by atoms with E-state index in [9.17, 15) is 9.59 Å². The van der Waals surface area contributed by atoms with Gasteiger partial charge in [-0.15, -0.1) is 0 Å². The number of nitrogens with one attached hydrogen (secondary N) is 1. The van der Waals surface area contributed by atoms with Gasteiger partial charge in [-0.25, -0.2) is 0 Å². The van der Waals surface area contributed by atoms with E-state index in [-0.39, 0.29) is 18.4 Å². The lowest BCUT2D eigenvalue weighted by Crippen LogP contribution is -2.50. The maximum atomic E-state index is 12.2. The third-order valence-corrected chi connectivity index (χ3v) is 4.07. The first-order valence-electron chi connectivity index (χ1n) is 7.67. The molecule has 2 rings (SSSR count). The zero-order valence-electron chi connectivity index (χ0n) is 13.5. The van der Waals surface area contributed by atoms with E-state index in [0.717, 1.165) is 0 Å². The second-order valence-electron chi connectivity index (χ2n) is 5.40. The summed E-state index contributed by atoms with van der Waals surface area (Å²) < 4.78 is 5.21. The van der Waals surface area contributed by atoms with Gasteiger partial charge < -0.3 is 15.0 Å². The van der Waals surface area contributed by atoms with Gasteiger partial charge in [0, 0.05) is 37.6 Å². The maximum absolute atomic E-state index is 12.2. The normalized spacial score (nSPS) is 15.3. The van der Waals surface area contributed by atoms with Gasteiger partial charge in [-0.05, 0) is 18.2 Å². The van der Waals surface area contributed by atoms with Gasteiger partial charge in [0.05, 0.1) is 19.3 Å². The summed E-state index contributed by atoms with van der Waals surface area (Å²) in [6.45, 7) is 4.88. The molecule has 2 amide bonds. The number of halogens is 1. The Labute approximate surface area is 141 Å². The minimum atomic E-state index is -0.124. The number of benzene rings is 1. The van der Waals surface area contributed by atoms with Crippen LogP contribution in [-0.4, -0.2) is 61.4 Å². The van der Waals surface area contributed by atoms with E-state index in [1.165, 1.54) is 0 Å². The Morgan fingerprint density at radius 1 is 1.26 bits per heavy atom. The van der Waals surface area contributed by atoms with Crippen molar-refractivity contribution in [2.45, 2.75) is 13.3 Å². The average Bonchev–Trinajstić information content (AvgIpc) is 2.55. The molecule has 23 heavy (non-hydrogen) atoms. The third kappa shape index (κ3) is 4.84. The fourth-order valence-corrected chi connectivity index (χ4v) is 2.72. The molecule has 1 N–H and O–H groups in total. The van der Waals surface area contributed by atoms with Crippen LogP contribution in [0.2, 0.25) is 5.02 Å². The van der Waals surface area contributed by atoms with E-state index in [2.05, 4.69) is 5.32 Å². The average molecular weight is 340 g/mol. The van der Waals surface area contributed by atoms with E-state index < -0.39 is 0 Å². The Morgan fingerprint density at radius 3 is 2.57 bits per heavy atom. The Bertz CT molecular complexity index is 572. The highest BCUT2D eigenvalue weighted by molar-refractivity contribution is 6.31. The predicted molar refractivity (Wildman–Crippen MR) is 89.9 cm³/mol. The monoisotopic (exact) mass is 339 g/mol. The number of hydrogen-bond donors (Lipinski definition) is 1. The molecule has 0 unspecified atom stereocenters. The van der Waals surface area contributed by atoms with E-state index in [1.54, 1.807) is 25.3 Å². The predicted octanol–water partition coefficient (Wildman–Crippen LogP) is 1.84. The van der Waals surface area contributed by atoms with Gasteiger partial charge in [0.2, 0.25) is 11.8 Å². The van der Waals surface area contributed by atoms with Crippen LogP contribution in [0.4, 0.5) is 5.69 Å². The smallest absolute Gasteiger partial charge is 0.238 e. The second kappa shape index (κ2) is 8.17. The van der Waals surface area contributed by atoms with E-state index in [0.29, 0.717) is 49.1 Å². The number of methoxy groups -OCH3 is 1. The molecule has 1 aromatic rings. The van der Waals surface area contributed by atoms with Crippen LogP contribution in [0, 0.1) is 0 Å². The molecule has 6 nitrogen and oxygen atoms in total. The third-order valence-electron chi connectivity index (χ3n) is 3.83. The fourth-order valence-electron chi connectivity index (χ4n) is 2.55. The van der Waals surface area contributed by atoms with Crippen LogP contribution in [0.25, 0.3) is 0 Å². The lowest BCUT2D eigenvalue weighted by Gasteiger charge is -2.34. The Hall–Kier alpha value is -1.79. The summed E-state index contributed by atoms with van der Waals surface area (Å²) in [6.07, 6.45) is 0.523. The quantitative estimate of drug-likeness (QED) is 0.889. The fraction of sp³-hybridized carbons (Fsp3) is 0.500. The standard InChI is InChI=1S/C16H22ClN3O3/c1-3-16(22)20-8-6-19(7-9-20)11-15(21)18-13-10-12(17)4-5-14(13)23-2/h4-5,10H,3,6-9,11H2,1-2H3,(H,18,21). The summed E-state index contributed by atoms with van der Waals surface area (Å²) in [5, 5.41) is 3.36. The number of carbonyl (C=O) groups is 2. The topological polar surface area (TPSA) is 61.9 Å². The highest BCUT2D eigenvalue weighted by Gasteiger charge is 2.21. The van der Waals surface area contributed by atoms with Crippen molar-refractivity contribution in [3.63, 3.8) is 0 Å². The van der Waals surface area contributed by atoms with Crippen LogP contribution in [0.5, 0.6) is 5.75 Å². The van der Waals surface area contributed by atoms with Gasteiger partial charge in [-0.2, -0.15) is 0 Å². The molecular formula is C16H22ClN3O3. The van der Waals surface area contributed by atoms with Crippen LogP contribution in [-0.2, 0) is 9.59 Å². The van der Waals surface area contributed by atoms with Gasteiger partial charge >= 0.3 is 0 Å². The number of rotatable bonds is 5. The molecule has 7 heteroatoms. The second-order valence-corrected chi connectivity index (χ2v) is 5.84. The first-order chi connectivity index (χ1) is 11.0. The molecule has 0 spiro atoms. The van der Waals surface area contributed by atoms with Crippen molar-refractivity contribution in [2.24, 2.45) is 0 Å². The SMILES string of the molecule is CCC(=O)N1CCN(CC(=O)Nc2cc(Cl)ccc2OC)CC1. The zero-order valence-corrected chi connectivity index (χ0v) is 14.2. The summed E-state index contributed by atoms with van der Waals surface area (Å²) in [5.41, 5.74) is 0.560. The van der Waals surface area contributed by atoms with Gasteiger partial charge in [0.25, 0.3) is 0 Å². The molecule has 0 bridgehead atoms. The Kier molecular flexibility index (Phi) is 6.24. The Morgan fingerprint density at radius 2 is 1.96 bits per heavy atom. The molecule has 0 radical (unpaired) electrons. The summed E-state index contributed by atoms with van der Waals surface area (Å²) in [5.74, 6) is 0.611. The van der Waals surface area contributed by atoms with Crippen molar-refractivity contribution >= 4 is 29.1 Å². The van der Waals surface area contributed by atoms with Crippen molar-refractivity contribution in [3.8, 4) is 5.75 Å². The number of anilines is 1. The van der Waals surface area contributed by atoms with Crippen LogP contribution in [0.15, 0.2) is 18.2 Å². The number of hydrogen-bond acceptors (Lipinski definition) is 4. The summed E-state index contributed by atoms with van der Waals surface area (Å²) >= 11 is 5.95. The first-order valence-corrected chi connectivity index (χ1v) is 8.04. The van der Waals surface area contributed by atoms with E-state index in [4.69, 9.17) is 16.3 Å². The van der Waals surface area contributed by atoms with Crippen LogP contribution < -0.4 is 10.1 Å².